The molecule has 0 heteroatoms. The Bertz CT molecular complexity index is 4230. The van der Waals surface area contributed by atoms with Crippen LogP contribution >= 0.6 is 0 Å². The van der Waals surface area contributed by atoms with E-state index in [0.717, 1.165) is 71.9 Å². The summed E-state index contributed by atoms with van der Waals surface area (Å²) >= 11 is 0. The van der Waals surface area contributed by atoms with Gasteiger partial charge in [-0.2, -0.15) is 0 Å². The summed E-state index contributed by atoms with van der Waals surface area (Å²) < 4.78 is 0. The zero-order chi connectivity index (χ0) is 72.3. The first-order valence-corrected chi connectivity index (χ1v) is 41.5. The Hall–Kier alpha value is -9.12. The van der Waals surface area contributed by atoms with Gasteiger partial charge in [0, 0.05) is 49.6 Å². The number of rotatable bonds is 33. The molecule has 0 heterocycles. The number of unbranched alkanes of at least 4 members (excludes halogenated alkanes) is 18. The van der Waals surface area contributed by atoms with Crippen LogP contribution in [0, 0.1) is 35.5 Å². The second-order valence-electron chi connectivity index (χ2n) is 31.3. The third kappa shape index (κ3) is 16.6. The highest BCUT2D eigenvalue weighted by molar-refractivity contribution is 5.91. The van der Waals surface area contributed by atoms with Crippen LogP contribution in [0.5, 0.6) is 0 Å². The highest BCUT2D eigenvalue weighted by Crippen LogP contribution is 2.59. The van der Waals surface area contributed by atoms with Gasteiger partial charge in [-0.25, -0.2) is 0 Å². The number of hydrogen-bond donors (Lipinski definition) is 0. The highest BCUT2D eigenvalue weighted by atomic mass is 14.5. The van der Waals surface area contributed by atoms with E-state index < -0.39 is 0 Å². The fraction of sp³-hybridized carbons (Fsp3) is 0.371. The summed E-state index contributed by atoms with van der Waals surface area (Å²) in [5, 5.41) is 0. The normalized spacial score (nSPS) is 13.4. The van der Waals surface area contributed by atoms with Gasteiger partial charge < -0.3 is 0 Å². The van der Waals surface area contributed by atoms with Crippen molar-refractivity contribution < 1.29 is 0 Å². The summed E-state index contributed by atoms with van der Waals surface area (Å²) in [6.07, 6.45) is 36.5. The van der Waals surface area contributed by atoms with Crippen LogP contribution in [-0.2, 0) is 16.2 Å². The molecule has 534 valence electrons. The molecule has 0 nitrogen and oxygen atoms in total. The molecule has 0 radical (unpaired) electrons. The van der Waals surface area contributed by atoms with E-state index in [-0.39, 0.29) is 16.2 Å². The molecule has 13 rings (SSSR count). The minimum atomic E-state index is -0.133. The van der Waals surface area contributed by atoms with E-state index in [1.165, 1.54) is 254 Å². The molecule has 0 N–H and O–H groups in total. The quantitative estimate of drug-likeness (QED) is 0.0284. The van der Waals surface area contributed by atoms with Gasteiger partial charge in [0.15, 0.2) is 0 Å². The molecule has 105 heavy (non-hydrogen) atoms. The van der Waals surface area contributed by atoms with E-state index in [1.807, 2.05) is 0 Å². The van der Waals surface area contributed by atoms with Gasteiger partial charge in [0.05, 0.1) is 0 Å². The lowest BCUT2D eigenvalue weighted by molar-refractivity contribution is 0.401. The number of hydrogen-bond acceptors (Lipinski definition) is 0. The number of fused-ring (bicyclic) bond motifs is 9. The summed E-state index contributed by atoms with van der Waals surface area (Å²) in [7, 11) is 0. The van der Waals surface area contributed by atoms with Crippen molar-refractivity contribution in [2.75, 3.05) is 0 Å². The highest BCUT2D eigenvalue weighted by Gasteiger charge is 2.46. The van der Waals surface area contributed by atoms with E-state index in [2.05, 4.69) is 295 Å². The molecule has 0 unspecified atom stereocenters. The van der Waals surface area contributed by atoms with E-state index in [9.17, 15) is 0 Å². The maximum absolute atomic E-state index is 3.67. The van der Waals surface area contributed by atoms with Crippen molar-refractivity contribution in [1.29, 1.82) is 0 Å². The van der Waals surface area contributed by atoms with Crippen LogP contribution in [0.15, 0.2) is 218 Å². The maximum atomic E-state index is 3.67. The van der Waals surface area contributed by atoms with Gasteiger partial charge >= 0.3 is 0 Å². The van der Waals surface area contributed by atoms with Crippen molar-refractivity contribution in [1.82, 2.24) is 0 Å². The first-order valence-electron chi connectivity index (χ1n) is 41.5. The fourth-order valence-electron chi connectivity index (χ4n) is 18.5. The zero-order valence-corrected chi connectivity index (χ0v) is 64.5. The molecule has 0 fully saturated rings. The monoisotopic (exact) mass is 1370 g/mol. The maximum Gasteiger partial charge on any atom is 0.0252 e. The molecule has 0 saturated heterocycles. The molecule has 0 atom stereocenters. The lowest BCUT2D eigenvalue weighted by atomic mass is 9.69. The van der Waals surface area contributed by atoms with Gasteiger partial charge in [0.1, 0.15) is 0 Å². The molecule has 10 aromatic rings. The lowest BCUT2D eigenvalue weighted by Gasteiger charge is -2.33. The van der Waals surface area contributed by atoms with E-state index in [1.54, 1.807) is 0 Å². The number of benzene rings is 10. The van der Waals surface area contributed by atoms with Crippen molar-refractivity contribution in [3.63, 3.8) is 0 Å². The van der Waals surface area contributed by atoms with Gasteiger partial charge in [-0.3, -0.25) is 0 Å². The second-order valence-corrected chi connectivity index (χ2v) is 31.3. The topological polar surface area (TPSA) is 0 Å². The fourth-order valence-corrected chi connectivity index (χ4v) is 18.5. The average molecular weight is 1380 g/mol. The van der Waals surface area contributed by atoms with Crippen LogP contribution in [0.25, 0.3) is 66.8 Å². The molecular formula is C105H114. The Labute approximate surface area is 633 Å². The van der Waals surface area contributed by atoms with Crippen molar-refractivity contribution >= 4 is 0 Å². The Kier molecular flexibility index (Phi) is 25.3. The van der Waals surface area contributed by atoms with Crippen LogP contribution in [0.2, 0.25) is 0 Å². The van der Waals surface area contributed by atoms with Crippen molar-refractivity contribution in [3.05, 3.63) is 285 Å². The van der Waals surface area contributed by atoms with Gasteiger partial charge in [-0.15, -0.1) is 0 Å². The third-order valence-corrected chi connectivity index (χ3v) is 24.1. The molecule has 3 aliphatic carbocycles. The molecule has 0 aliphatic heterocycles. The van der Waals surface area contributed by atoms with Gasteiger partial charge in [0.25, 0.3) is 0 Å². The Morgan fingerprint density at radius 1 is 0.181 bits per heavy atom. The molecule has 3 aliphatic rings. The Morgan fingerprint density at radius 3 is 0.619 bits per heavy atom. The van der Waals surface area contributed by atoms with E-state index in [0.29, 0.717) is 0 Å². The van der Waals surface area contributed by atoms with Crippen LogP contribution in [-0.4, -0.2) is 0 Å². The largest absolute Gasteiger partial charge is 0.0654 e. The van der Waals surface area contributed by atoms with Gasteiger partial charge in [0.2, 0.25) is 0 Å². The molecule has 0 aromatic heterocycles. The van der Waals surface area contributed by atoms with Crippen molar-refractivity contribution in [2.24, 2.45) is 0 Å². The minimum Gasteiger partial charge on any atom is -0.0654 e. The third-order valence-electron chi connectivity index (χ3n) is 24.1. The summed E-state index contributed by atoms with van der Waals surface area (Å²) in [4.78, 5) is 0. The standard InChI is InChI=1S/C105H114/c1-7-13-19-34-64-103(65-35-20-14-8-2)97-70-82(49-46-79-40-28-25-29-41-79)52-58-91(97)94-61-55-85(76-100(94)103)88-73-89(86-56-62-95-92-59-53-83(50-47-80-42-30-26-31-43-80)71-98(92)104(101(95)77-86,66-36-21-15-9-3)67-37-22-16-10-4)75-90(74-88)87-57-63-96-93-60-54-84(51-48-81-44-32-27-33-45-81)72-99(93)105(102(96)78-87,68-38-23-17-11-5)69-39-24-18-12-6/h25-33,40-45,52-63,70-78H,7-24,34-39,64-69H2,1-6H3. The first kappa shape index (κ1) is 74.2. The summed E-state index contributed by atoms with van der Waals surface area (Å²) in [6, 6.07) is 84.2. The Balaban J connectivity index is 1.01. The van der Waals surface area contributed by atoms with E-state index in [4.69, 9.17) is 0 Å². The van der Waals surface area contributed by atoms with Gasteiger partial charge in [-0.1, -0.05) is 340 Å². The summed E-state index contributed by atoms with van der Waals surface area (Å²) in [6.45, 7) is 14.1. The predicted molar refractivity (Wildman–Crippen MR) is 451 cm³/mol. The zero-order valence-electron chi connectivity index (χ0n) is 64.5. The van der Waals surface area contributed by atoms with Crippen LogP contribution in [0.1, 0.15) is 301 Å². The average Bonchev–Trinajstić information content (AvgIpc) is 1.58. The summed E-state index contributed by atoms with van der Waals surface area (Å²) in [5.41, 5.74) is 31.3. The Morgan fingerprint density at radius 2 is 0.390 bits per heavy atom. The summed E-state index contributed by atoms with van der Waals surface area (Å²) in [5.74, 6) is 21.7. The van der Waals surface area contributed by atoms with Crippen molar-refractivity contribution in [2.45, 2.75) is 250 Å². The van der Waals surface area contributed by atoms with Crippen LogP contribution < -0.4 is 0 Å². The molecule has 0 spiro atoms. The van der Waals surface area contributed by atoms with Crippen LogP contribution in [0.4, 0.5) is 0 Å². The first-order chi connectivity index (χ1) is 51.7. The van der Waals surface area contributed by atoms with Gasteiger partial charge in [-0.05, 0) is 248 Å². The predicted octanol–water partition coefficient (Wildman–Crippen LogP) is 29.5. The minimum absolute atomic E-state index is 0.133. The van der Waals surface area contributed by atoms with Crippen molar-refractivity contribution in [3.8, 4) is 102 Å². The lowest BCUT2D eigenvalue weighted by Crippen LogP contribution is -2.26. The van der Waals surface area contributed by atoms with Crippen LogP contribution in [0.3, 0.4) is 0 Å². The smallest absolute Gasteiger partial charge is 0.0252 e. The molecule has 0 amide bonds. The SMILES string of the molecule is CCCCCCC1(CCCCCC)c2cc(C#Cc3ccccc3)ccc2-c2ccc(-c3cc(-c4ccc5c(c4)C(CCCCCC)(CCCCCC)c4cc(C#Cc6ccccc6)ccc4-5)cc(-c4ccc5c(c4)C(CCCCCC)(CCCCCC)c4cc(C#Cc6ccccc6)ccc4-5)c3)cc21. The molecular weight excluding hydrogens is 1260 g/mol. The molecule has 0 bridgehead atoms. The molecule has 10 aromatic carbocycles. The van der Waals surface area contributed by atoms with E-state index >= 15 is 0 Å². The second kappa shape index (κ2) is 35.8. The molecule has 0 saturated carbocycles.